The van der Waals surface area contributed by atoms with Crippen molar-refractivity contribution in [1.82, 2.24) is 30.1 Å². The van der Waals surface area contributed by atoms with Crippen LogP contribution < -0.4 is 5.32 Å². The molecule has 2 heterocycles. The van der Waals surface area contributed by atoms with Crippen LogP contribution in [0.25, 0.3) is 0 Å². The van der Waals surface area contributed by atoms with Gasteiger partial charge in [0.25, 0.3) is 0 Å². The average Bonchev–Trinajstić information content (AvgIpc) is 3.03. The second kappa shape index (κ2) is 6.85. The number of likely N-dealkylation sites (N-methyl/N-ethyl adjacent to an activating group) is 1. The number of hydrogen-bond acceptors (Lipinski definition) is 5. The van der Waals surface area contributed by atoms with E-state index in [1.807, 2.05) is 4.68 Å². The predicted molar refractivity (Wildman–Crippen MR) is 83.0 cm³/mol. The molecule has 6 heteroatoms. The van der Waals surface area contributed by atoms with Crippen LogP contribution in [0.1, 0.15) is 25.0 Å². The van der Waals surface area contributed by atoms with Crippen LogP contribution in [-0.4, -0.2) is 71.1 Å². The Bertz CT molecular complexity index is 441. The van der Waals surface area contributed by atoms with E-state index in [4.69, 9.17) is 0 Å². The van der Waals surface area contributed by atoms with Crippen molar-refractivity contribution in [3.05, 3.63) is 11.9 Å². The van der Waals surface area contributed by atoms with E-state index in [9.17, 15) is 0 Å². The molecular weight excluding hydrogens is 264 g/mol. The van der Waals surface area contributed by atoms with Crippen molar-refractivity contribution in [1.29, 1.82) is 0 Å². The van der Waals surface area contributed by atoms with Crippen LogP contribution >= 0.6 is 0 Å². The standard InChI is InChI=1S/C15H28N6/c1-19-6-5-13(10-19)11-20(2)7-8-21-12-15(17-18-21)9-16-14-3-4-14/h12-14,16H,3-11H2,1-2H3. The molecule has 0 amide bonds. The Morgan fingerprint density at radius 1 is 1.38 bits per heavy atom. The molecule has 2 fully saturated rings. The van der Waals surface area contributed by atoms with Crippen molar-refractivity contribution in [2.75, 3.05) is 40.3 Å². The Balaban J connectivity index is 1.35. The molecule has 1 aromatic rings. The van der Waals surface area contributed by atoms with Gasteiger partial charge in [-0.15, -0.1) is 5.10 Å². The van der Waals surface area contributed by atoms with Crippen LogP contribution in [0.3, 0.4) is 0 Å². The fourth-order valence-corrected chi connectivity index (χ4v) is 3.05. The van der Waals surface area contributed by atoms with Gasteiger partial charge in [-0.05, 0) is 45.8 Å². The molecule has 0 aromatic carbocycles. The SMILES string of the molecule is CN1CCC(CN(C)CCn2cc(CNC3CC3)nn2)C1. The molecule has 1 atom stereocenters. The Morgan fingerprint density at radius 3 is 2.95 bits per heavy atom. The quantitative estimate of drug-likeness (QED) is 0.752. The summed E-state index contributed by atoms with van der Waals surface area (Å²) in [7, 11) is 4.43. The maximum Gasteiger partial charge on any atom is 0.0964 e. The van der Waals surface area contributed by atoms with Gasteiger partial charge in [-0.25, -0.2) is 0 Å². The summed E-state index contributed by atoms with van der Waals surface area (Å²) in [6.45, 7) is 6.50. The third-order valence-electron chi connectivity index (χ3n) is 4.50. The van der Waals surface area contributed by atoms with Gasteiger partial charge in [0, 0.05) is 38.4 Å². The first-order chi connectivity index (χ1) is 10.2. The highest BCUT2D eigenvalue weighted by Gasteiger charge is 2.21. The molecule has 1 aromatic heterocycles. The maximum atomic E-state index is 4.23. The van der Waals surface area contributed by atoms with Gasteiger partial charge in [0.1, 0.15) is 0 Å². The number of aromatic nitrogens is 3. The molecule has 1 aliphatic carbocycles. The predicted octanol–water partition coefficient (Wildman–Crippen LogP) is 0.414. The fourth-order valence-electron chi connectivity index (χ4n) is 3.05. The normalized spacial score (nSPS) is 23.3. The van der Waals surface area contributed by atoms with Gasteiger partial charge >= 0.3 is 0 Å². The molecule has 0 radical (unpaired) electrons. The van der Waals surface area contributed by atoms with E-state index in [2.05, 4.69) is 45.7 Å². The number of likely N-dealkylation sites (tertiary alicyclic amines) is 1. The lowest BCUT2D eigenvalue weighted by Gasteiger charge is -2.20. The summed E-state index contributed by atoms with van der Waals surface area (Å²) < 4.78 is 1.97. The average molecular weight is 292 g/mol. The van der Waals surface area contributed by atoms with Crippen molar-refractivity contribution in [2.24, 2.45) is 5.92 Å². The Labute approximate surface area is 127 Å². The lowest BCUT2D eigenvalue weighted by Crippen LogP contribution is -2.30. The van der Waals surface area contributed by atoms with Crippen LogP contribution in [0.15, 0.2) is 6.20 Å². The van der Waals surface area contributed by atoms with Gasteiger partial charge < -0.3 is 15.1 Å². The first-order valence-electron chi connectivity index (χ1n) is 8.18. The molecule has 118 valence electrons. The highest BCUT2D eigenvalue weighted by Crippen LogP contribution is 2.19. The zero-order chi connectivity index (χ0) is 14.7. The molecular formula is C15H28N6. The van der Waals surface area contributed by atoms with E-state index in [0.29, 0.717) is 0 Å². The number of hydrogen-bond donors (Lipinski definition) is 1. The maximum absolute atomic E-state index is 4.23. The summed E-state index contributed by atoms with van der Waals surface area (Å²) in [5, 5.41) is 11.9. The van der Waals surface area contributed by atoms with E-state index in [1.54, 1.807) is 0 Å². The largest absolute Gasteiger partial charge is 0.308 e. The molecule has 1 saturated heterocycles. The lowest BCUT2D eigenvalue weighted by atomic mass is 10.1. The first kappa shape index (κ1) is 14.9. The van der Waals surface area contributed by atoms with Crippen molar-refractivity contribution >= 4 is 0 Å². The van der Waals surface area contributed by atoms with Gasteiger partial charge in [0.05, 0.1) is 12.2 Å². The third kappa shape index (κ3) is 4.76. The second-order valence-electron chi connectivity index (χ2n) is 6.81. The summed E-state index contributed by atoms with van der Waals surface area (Å²) in [5.74, 6) is 0.828. The van der Waals surface area contributed by atoms with E-state index in [-0.39, 0.29) is 0 Å². The number of nitrogens with zero attached hydrogens (tertiary/aromatic N) is 5. The van der Waals surface area contributed by atoms with E-state index >= 15 is 0 Å². The molecule has 1 N–H and O–H groups in total. The molecule has 1 unspecified atom stereocenters. The van der Waals surface area contributed by atoms with Gasteiger partial charge in [0.15, 0.2) is 0 Å². The van der Waals surface area contributed by atoms with Crippen LogP contribution in [0.2, 0.25) is 0 Å². The van der Waals surface area contributed by atoms with Gasteiger partial charge in [-0.2, -0.15) is 0 Å². The minimum Gasteiger partial charge on any atom is -0.308 e. The summed E-state index contributed by atoms with van der Waals surface area (Å²) >= 11 is 0. The van der Waals surface area contributed by atoms with Crippen LogP contribution in [0.4, 0.5) is 0 Å². The Hall–Kier alpha value is -0.980. The summed E-state index contributed by atoms with van der Waals surface area (Å²) in [6, 6.07) is 0.728. The fraction of sp³-hybridized carbons (Fsp3) is 0.867. The van der Waals surface area contributed by atoms with Gasteiger partial charge in [0.2, 0.25) is 0 Å². The number of nitrogens with one attached hydrogen (secondary N) is 1. The van der Waals surface area contributed by atoms with Crippen molar-refractivity contribution < 1.29 is 0 Å². The van der Waals surface area contributed by atoms with Gasteiger partial charge in [-0.3, -0.25) is 4.68 Å². The zero-order valence-corrected chi connectivity index (χ0v) is 13.3. The van der Waals surface area contributed by atoms with E-state index in [0.717, 1.165) is 37.3 Å². The highest BCUT2D eigenvalue weighted by molar-refractivity contribution is 4.94. The van der Waals surface area contributed by atoms with Crippen LogP contribution in [0.5, 0.6) is 0 Å². The lowest BCUT2D eigenvalue weighted by molar-refractivity contribution is 0.260. The summed E-state index contributed by atoms with van der Waals surface area (Å²) in [6.07, 6.45) is 6.04. The van der Waals surface area contributed by atoms with Crippen molar-refractivity contribution in [3.63, 3.8) is 0 Å². The monoisotopic (exact) mass is 292 g/mol. The van der Waals surface area contributed by atoms with Crippen LogP contribution in [-0.2, 0) is 13.1 Å². The minimum absolute atomic E-state index is 0.728. The molecule has 1 saturated carbocycles. The smallest absolute Gasteiger partial charge is 0.0964 e. The van der Waals surface area contributed by atoms with E-state index in [1.165, 1.54) is 38.9 Å². The zero-order valence-electron chi connectivity index (χ0n) is 13.3. The van der Waals surface area contributed by atoms with Crippen molar-refractivity contribution in [2.45, 2.75) is 38.4 Å². The van der Waals surface area contributed by atoms with Crippen LogP contribution in [0, 0.1) is 5.92 Å². The molecule has 21 heavy (non-hydrogen) atoms. The highest BCUT2D eigenvalue weighted by atomic mass is 15.4. The molecule has 3 rings (SSSR count). The van der Waals surface area contributed by atoms with Gasteiger partial charge in [-0.1, -0.05) is 5.21 Å². The second-order valence-corrected chi connectivity index (χ2v) is 6.81. The number of rotatable bonds is 8. The van der Waals surface area contributed by atoms with E-state index < -0.39 is 0 Å². The summed E-state index contributed by atoms with van der Waals surface area (Å²) in [5.41, 5.74) is 1.06. The first-order valence-corrected chi connectivity index (χ1v) is 8.18. The molecule has 6 nitrogen and oxygen atoms in total. The third-order valence-corrected chi connectivity index (χ3v) is 4.50. The molecule has 2 aliphatic rings. The Morgan fingerprint density at radius 2 is 2.24 bits per heavy atom. The Kier molecular flexibility index (Phi) is 4.87. The molecule has 1 aliphatic heterocycles. The minimum atomic E-state index is 0.728. The summed E-state index contributed by atoms with van der Waals surface area (Å²) in [4.78, 5) is 4.85. The van der Waals surface area contributed by atoms with Crippen molar-refractivity contribution in [3.8, 4) is 0 Å². The molecule has 0 spiro atoms. The molecule has 0 bridgehead atoms. The topological polar surface area (TPSA) is 49.2 Å².